The topological polar surface area (TPSA) is 129 Å². The van der Waals surface area contributed by atoms with Crippen molar-refractivity contribution in [3.8, 4) is 11.8 Å². The monoisotopic (exact) mass is 590 g/mol. The molecule has 1 amide bonds. The molecule has 1 aromatic heterocycles. The van der Waals surface area contributed by atoms with Crippen LogP contribution in [0.15, 0.2) is 60.8 Å². The normalized spacial score (nSPS) is 17.7. The van der Waals surface area contributed by atoms with Gasteiger partial charge in [0.05, 0.1) is 30.6 Å². The van der Waals surface area contributed by atoms with Gasteiger partial charge in [-0.25, -0.2) is 4.98 Å². The molecule has 0 saturated carbocycles. The maximum absolute atomic E-state index is 13.6. The van der Waals surface area contributed by atoms with Gasteiger partial charge in [0, 0.05) is 35.9 Å². The lowest BCUT2D eigenvalue weighted by Crippen LogP contribution is -2.43. The van der Waals surface area contributed by atoms with Gasteiger partial charge in [-0.1, -0.05) is 45.0 Å². The van der Waals surface area contributed by atoms with E-state index < -0.39 is 11.7 Å². The standard InChI is InChI=1S/C34H34N6O4/c1-34(2,3)21-15-20(17-35)31(43-4)28(16-21)38-32(42)30(41)26-11-12-27(25-8-6-5-7-24(25)26)37-29-13-14-36-33(39-29)40-18-22-9-10-23(19-40)44-22/h5-8,11-16,22-23H,9-10,18-19H2,1-4H3,(H,38,42)(H,36,37,39). The molecule has 2 fully saturated rings. The van der Waals surface area contributed by atoms with Crippen LogP contribution in [0.2, 0.25) is 0 Å². The van der Waals surface area contributed by atoms with E-state index in [9.17, 15) is 14.9 Å². The van der Waals surface area contributed by atoms with Gasteiger partial charge in [0.2, 0.25) is 5.95 Å². The Hall–Kier alpha value is -5.01. The number of nitrogens with one attached hydrogen (secondary N) is 2. The van der Waals surface area contributed by atoms with Gasteiger partial charge in [0.1, 0.15) is 11.9 Å². The number of amides is 1. The summed E-state index contributed by atoms with van der Waals surface area (Å²) in [5.41, 5.74) is 2.06. The molecule has 2 N–H and O–H groups in total. The first-order valence-electron chi connectivity index (χ1n) is 14.6. The van der Waals surface area contributed by atoms with Crippen LogP contribution in [0, 0.1) is 11.3 Å². The molecule has 3 heterocycles. The highest BCUT2D eigenvalue weighted by Crippen LogP contribution is 2.36. The summed E-state index contributed by atoms with van der Waals surface area (Å²) in [7, 11) is 1.43. The number of ether oxygens (including phenoxy) is 2. The van der Waals surface area contributed by atoms with Crippen molar-refractivity contribution in [2.45, 2.75) is 51.2 Å². The molecular formula is C34H34N6O4. The van der Waals surface area contributed by atoms with Crippen molar-refractivity contribution in [2.75, 3.05) is 35.7 Å². The lowest BCUT2D eigenvalue weighted by molar-refractivity contribution is -0.112. The number of Topliss-reactive ketones (excluding diaryl/α,β-unsaturated/α-hetero) is 1. The largest absolute Gasteiger partial charge is 0.493 e. The summed E-state index contributed by atoms with van der Waals surface area (Å²) in [4.78, 5) is 38.4. The highest BCUT2D eigenvalue weighted by Gasteiger charge is 2.34. The zero-order valence-electron chi connectivity index (χ0n) is 25.2. The molecule has 224 valence electrons. The quantitative estimate of drug-likeness (QED) is 0.204. The van der Waals surface area contributed by atoms with Crippen LogP contribution < -0.4 is 20.3 Å². The van der Waals surface area contributed by atoms with Crippen molar-refractivity contribution >= 4 is 45.6 Å². The van der Waals surface area contributed by atoms with Crippen LogP contribution in [0.4, 0.5) is 23.1 Å². The fraction of sp³-hybridized carbons (Fsp3) is 0.324. The first-order valence-corrected chi connectivity index (χ1v) is 14.6. The Balaban J connectivity index is 1.27. The number of carbonyl (C=O) groups is 2. The van der Waals surface area contributed by atoms with E-state index in [2.05, 4.69) is 26.6 Å². The minimum Gasteiger partial charge on any atom is -0.493 e. The zero-order chi connectivity index (χ0) is 31.0. The molecule has 2 bridgehead atoms. The lowest BCUT2D eigenvalue weighted by atomic mass is 9.85. The smallest absolute Gasteiger partial charge is 0.296 e. The molecule has 6 rings (SSSR count). The summed E-state index contributed by atoms with van der Waals surface area (Å²) < 4.78 is 11.4. The van der Waals surface area contributed by atoms with Crippen LogP contribution in [0.25, 0.3) is 10.8 Å². The Labute approximate surface area is 256 Å². The molecule has 44 heavy (non-hydrogen) atoms. The minimum atomic E-state index is -0.830. The summed E-state index contributed by atoms with van der Waals surface area (Å²) in [5.74, 6) is -0.0618. The molecular weight excluding hydrogens is 556 g/mol. The van der Waals surface area contributed by atoms with E-state index in [1.807, 2.05) is 45.0 Å². The number of fused-ring (bicyclic) bond motifs is 3. The number of anilines is 4. The van der Waals surface area contributed by atoms with Crippen LogP contribution >= 0.6 is 0 Å². The molecule has 2 saturated heterocycles. The van der Waals surface area contributed by atoms with Crippen molar-refractivity contribution in [2.24, 2.45) is 0 Å². The third-order valence-corrected chi connectivity index (χ3v) is 8.13. The molecule has 4 aromatic rings. The minimum absolute atomic E-state index is 0.208. The van der Waals surface area contributed by atoms with E-state index in [0.717, 1.165) is 42.6 Å². The van der Waals surface area contributed by atoms with Gasteiger partial charge in [-0.05, 0) is 59.5 Å². The third-order valence-electron chi connectivity index (χ3n) is 8.13. The second kappa shape index (κ2) is 11.6. The number of benzene rings is 3. The average Bonchev–Trinajstić information content (AvgIpc) is 3.36. The number of methoxy groups -OCH3 is 1. The molecule has 10 nitrogen and oxygen atoms in total. The van der Waals surface area contributed by atoms with Crippen molar-refractivity contribution in [1.82, 2.24) is 9.97 Å². The fourth-order valence-electron chi connectivity index (χ4n) is 5.85. The van der Waals surface area contributed by atoms with E-state index in [1.165, 1.54) is 7.11 Å². The van der Waals surface area contributed by atoms with Crippen LogP contribution in [-0.2, 0) is 14.9 Å². The average molecular weight is 591 g/mol. The van der Waals surface area contributed by atoms with E-state index in [0.29, 0.717) is 17.2 Å². The van der Waals surface area contributed by atoms with Gasteiger partial charge in [-0.2, -0.15) is 10.2 Å². The maximum Gasteiger partial charge on any atom is 0.296 e. The van der Waals surface area contributed by atoms with Crippen LogP contribution in [0.5, 0.6) is 5.75 Å². The van der Waals surface area contributed by atoms with Gasteiger partial charge in [0.15, 0.2) is 5.75 Å². The van der Waals surface area contributed by atoms with Crippen molar-refractivity contribution in [3.63, 3.8) is 0 Å². The zero-order valence-corrected chi connectivity index (χ0v) is 25.2. The van der Waals surface area contributed by atoms with E-state index >= 15 is 0 Å². The van der Waals surface area contributed by atoms with E-state index in [-0.39, 0.29) is 40.2 Å². The number of nitrogens with zero attached hydrogens (tertiary/aromatic N) is 4. The second-order valence-electron chi connectivity index (χ2n) is 12.2. The lowest BCUT2D eigenvalue weighted by Gasteiger charge is -2.32. The van der Waals surface area contributed by atoms with E-state index in [4.69, 9.17) is 14.5 Å². The first-order chi connectivity index (χ1) is 21.1. The van der Waals surface area contributed by atoms with Crippen LogP contribution in [0.1, 0.15) is 55.1 Å². The SMILES string of the molecule is COc1c(C#N)cc(C(C)(C)C)cc1NC(=O)C(=O)c1ccc(Nc2ccnc(N3CC4CCC(C3)O4)n2)c2ccccc12. The highest BCUT2D eigenvalue weighted by atomic mass is 16.5. The summed E-state index contributed by atoms with van der Waals surface area (Å²) >= 11 is 0. The number of ketones is 1. The van der Waals surface area contributed by atoms with Crippen molar-refractivity contribution in [3.05, 3.63) is 77.5 Å². The number of morpholine rings is 1. The highest BCUT2D eigenvalue weighted by molar-refractivity contribution is 6.48. The Bertz CT molecular complexity index is 1800. The number of hydrogen-bond acceptors (Lipinski definition) is 9. The summed E-state index contributed by atoms with van der Waals surface area (Å²) in [6.07, 6.45) is 4.29. The Morgan fingerprint density at radius 2 is 1.75 bits per heavy atom. The first kappa shape index (κ1) is 29.1. The molecule has 10 heteroatoms. The summed E-state index contributed by atoms with van der Waals surface area (Å²) in [6, 6.07) is 18.2. The number of carbonyl (C=O) groups excluding carboxylic acids is 2. The van der Waals surface area contributed by atoms with Crippen molar-refractivity contribution < 1.29 is 19.1 Å². The van der Waals surface area contributed by atoms with Crippen LogP contribution in [-0.4, -0.2) is 54.1 Å². The van der Waals surface area contributed by atoms with E-state index in [1.54, 1.807) is 36.5 Å². The number of rotatable bonds is 7. The third kappa shape index (κ3) is 5.66. The maximum atomic E-state index is 13.6. The Morgan fingerprint density at radius 3 is 2.43 bits per heavy atom. The Morgan fingerprint density at radius 1 is 1.02 bits per heavy atom. The summed E-state index contributed by atoms with van der Waals surface area (Å²) in [6.45, 7) is 7.55. The molecule has 0 spiro atoms. The fourth-order valence-corrected chi connectivity index (χ4v) is 5.85. The van der Waals surface area contributed by atoms with Gasteiger partial charge >= 0.3 is 0 Å². The molecule has 2 unspecified atom stereocenters. The van der Waals surface area contributed by atoms with Gasteiger partial charge < -0.3 is 25.0 Å². The Kier molecular flexibility index (Phi) is 7.66. The molecule has 0 radical (unpaired) electrons. The molecule has 2 aliphatic rings. The predicted molar refractivity (Wildman–Crippen MR) is 169 cm³/mol. The number of hydrogen-bond donors (Lipinski definition) is 2. The molecule has 2 aliphatic heterocycles. The van der Waals surface area contributed by atoms with Crippen LogP contribution in [0.3, 0.4) is 0 Å². The second-order valence-corrected chi connectivity index (χ2v) is 12.2. The molecule has 0 aliphatic carbocycles. The molecule has 3 aromatic carbocycles. The number of nitriles is 1. The van der Waals surface area contributed by atoms with Gasteiger partial charge in [0.25, 0.3) is 11.7 Å². The number of aromatic nitrogens is 2. The van der Waals surface area contributed by atoms with Gasteiger partial charge in [-0.3, -0.25) is 9.59 Å². The summed E-state index contributed by atoms with van der Waals surface area (Å²) in [5, 5.41) is 17.2. The predicted octanol–water partition coefficient (Wildman–Crippen LogP) is 5.74. The van der Waals surface area contributed by atoms with Gasteiger partial charge in [-0.15, -0.1) is 0 Å². The molecule has 2 atom stereocenters. The van der Waals surface area contributed by atoms with Crippen molar-refractivity contribution in [1.29, 1.82) is 5.26 Å².